The van der Waals surface area contributed by atoms with Gasteiger partial charge in [-0.1, -0.05) is 0 Å². The van der Waals surface area contributed by atoms with Gasteiger partial charge in [0.2, 0.25) is 0 Å². The van der Waals surface area contributed by atoms with Crippen LogP contribution in [0.2, 0.25) is 0 Å². The van der Waals surface area contributed by atoms with Gasteiger partial charge in [-0.15, -0.1) is 13.2 Å². The fourth-order valence-corrected chi connectivity index (χ4v) is 1.20. The minimum absolute atomic E-state index is 0.156. The van der Waals surface area contributed by atoms with Crippen LogP contribution in [0.15, 0.2) is 6.07 Å². The first-order valence-electron chi connectivity index (χ1n) is 4.52. The van der Waals surface area contributed by atoms with Crippen LogP contribution in [0.1, 0.15) is 5.56 Å². The maximum absolute atomic E-state index is 12.6. The van der Waals surface area contributed by atoms with Gasteiger partial charge in [-0.3, -0.25) is 0 Å². The Bertz CT molecular complexity index is 527. The first-order valence-corrected chi connectivity index (χ1v) is 4.52. The summed E-state index contributed by atoms with van der Waals surface area (Å²) in [6, 6.07) is 0.156. The standard InChI is InChI=1S/C8H4F6N2O4/c1-19-4-2-3(20-8(12,13)14)5(7(9,10)11)6(15-4)16(17)18/h2H,1H3. The monoisotopic (exact) mass is 306 g/mol. The maximum atomic E-state index is 12.6. The van der Waals surface area contributed by atoms with E-state index >= 15 is 0 Å². The third-order valence-corrected chi connectivity index (χ3v) is 1.83. The Hall–Kier alpha value is -2.27. The number of aromatic nitrogens is 1. The molecule has 20 heavy (non-hydrogen) atoms. The lowest BCUT2D eigenvalue weighted by molar-refractivity contribution is -0.393. The molecule has 0 fully saturated rings. The lowest BCUT2D eigenvalue weighted by atomic mass is 10.2. The first kappa shape index (κ1) is 15.8. The molecule has 0 saturated heterocycles. The van der Waals surface area contributed by atoms with Crippen molar-refractivity contribution in [2.75, 3.05) is 7.11 Å². The van der Waals surface area contributed by atoms with Crippen LogP contribution in [0.3, 0.4) is 0 Å². The Balaban J connectivity index is 3.60. The molecule has 0 aliphatic rings. The Morgan fingerprint density at radius 2 is 1.80 bits per heavy atom. The second-order valence-electron chi connectivity index (χ2n) is 3.16. The molecule has 0 aromatic carbocycles. The van der Waals surface area contributed by atoms with Crippen molar-refractivity contribution in [1.82, 2.24) is 4.98 Å². The fourth-order valence-electron chi connectivity index (χ4n) is 1.20. The minimum atomic E-state index is -5.47. The van der Waals surface area contributed by atoms with Crippen molar-refractivity contribution >= 4 is 5.82 Å². The molecule has 1 aromatic heterocycles. The SMILES string of the molecule is COc1cc(OC(F)(F)F)c(C(F)(F)F)c([N+](=O)[O-])n1. The summed E-state index contributed by atoms with van der Waals surface area (Å²) >= 11 is 0. The number of alkyl halides is 6. The number of hydrogen-bond acceptors (Lipinski definition) is 5. The van der Waals surface area contributed by atoms with Crippen molar-refractivity contribution < 1.29 is 40.7 Å². The van der Waals surface area contributed by atoms with Crippen molar-refractivity contribution in [3.63, 3.8) is 0 Å². The first-order chi connectivity index (χ1) is 8.95. The van der Waals surface area contributed by atoms with Gasteiger partial charge in [-0.2, -0.15) is 13.2 Å². The van der Waals surface area contributed by atoms with E-state index in [1.807, 2.05) is 0 Å². The molecular formula is C8H4F6N2O4. The molecule has 0 N–H and O–H groups in total. The third-order valence-electron chi connectivity index (χ3n) is 1.83. The number of hydrogen-bond donors (Lipinski definition) is 0. The molecule has 0 bridgehead atoms. The van der Waals surface area contributed by atoms with E-state index in [1.54, 1.807) is 0 Å². The average molecular weight is 306 g/mol. The van der Waals surface area contributed by atoms with Crippen LogP contribution in [0.4, 0.5) is 32.2 Å². The molecular weight excluding hydrogens is 302 g/mol. The van der Waals surface area contributed by atoms with E-state index in [-0.39, 0.29) is 6.07 Å². The molecule has 6 nitrogen and oxygen atoms in total. The highest BCUT2D eigenvalue weighted by molar-refractivity contribution is 5.49. The van der Waals surface area contributed by atoms with Crippen molar-refractivity contribution in [3.05, 3.63) is 21.7 Å². The van der Waals surface area contributed by atoms with Gasteiger partial charge < -0.3 is 19.6 Å². The van der Waals surface area contributed by atoms with E-state index in [9.17, 15) is 36.5 Å². The van der Waals surface area contributed by atoms with E-state index in [4.69, 9.17) is 0 Å². The highest BCUT2D eigenvalue weighted by Crippen LogP contribution is 2.44. The summed E-state index contributed by atoms with van der Waals surface area (Å²) in [5.74, 6) is -4.50. The van der Waals surface area contributed by atoms with Crippen LogP contribution in [-0.2, 0) is 6.18 Å². The summed E-state index contributed by atoms with van der Waals surface area (Å²) in [7, 11) is 0.858. The van der Waals surface area contributed by atoms with Crippen LogP contribution in [0.5, 0.6) is 11.6 Å². The predicted molar refractivity (Wildman–Crippen MR) is 49.1 cm³/mol. The fraction of sp³-hybridized carbons (Fsp3) is 0.375. The number of pyridine rings is 1. The Labute approximate surface area is 106 Å². The summed E-state index contributed by atoms with van der Waals surface area (Å²) < 4.78 is 81.6. The highest BCUT2D eigenvalue weighted by Gasteiger charge is 2.47. The Kier molecular flexibility index (Phi) is 3.96. The number of rotatable bonds is 3. The second-order valence-corrected chi connectivity index (χ2v) is 3.16. The molecule has 0 amide bonds. The highest BCUT2D eigenvalue weighted by atomic mass is 19.4. The summed E-state index contributed by atoms with van der Waals surface area (Å²) in [4.78, 5) is 11.8. The van der Waals surface area contributed by atoms with Gasteiger partial charge in [-0.25, -0.2) is 0 Å². The zero-order valence-electron chi connectivity index (χ0n) is 9.37. The van der Waals surface area contributed by atoms with Crippen LogP contribution in [0, 0.1) is 10.1 Å². The number of halogens is 6. The molecule has 0 radical (unpaired) electrons. The van der Waals surface area contributed by atoms with Gasteiger partial charge >= 0.3 is 24.2 Å². The summed E-state index contributed by atoms with van der Waals surface area (Å²) in [5, 5.41) is 10.5. The van der Waals surface area contributed by atoms with E-state index in [0.29, 0.717) is 0 Å². The van der Waals surface area contributed by atoms with Crippen molar-refractivity contribution in [3.8, 4) is 11.6 Å². The van der Waals surface area contributed by atoms with Crippen molar-refractivity contribution in [2.24, 2.45) is 0 Å². The van der Waals surface area contributed by atoms with E-state index in [2.05, 4.69) is 14.5 Å². The lowest BCUT2D eigenvalue weighted by Crippen LogP contribution is -2.21. The Morgan fingerprint density at radius 1 is 1.25 bits per heavy atom. The van der Waals surface area contributed by atoms with Crippen molar-refractivity contribution in [2.45, 2.75) is 12.5 Å². The summed E-state index contributed by atoms with van der Waals surface area (Å²) in [6.07, 6.45) is -10.9. The van der Waals surface area contributed by atoms with E-state index in [0.717, 1.165) is 7.11 Å². The van der Waals surface area contributed by atoms with Gasteiger partial charge in [-0.05, 0) is 4.92 Å². The summed E-state index contributed by atoms with van der Waals surface area (Å²) in [6.45, 7) is 0. The van der Waals surface area contributed by atoms with Gasteiger partial charge in [0.15, 0.2) is 11.3 Å². The molecule has 1 aromatic rings. The zero-order chi connectivity index (χ0) is 15.7. The van der Waals surface area contributed by atoms with Crippen LogP contribution < -0.4 is 9.47 Å². The molecule has 0 aliphatic heterocycles. The average Bonchev–Trinajstić information content (AvgIpc) is 2.23. The van der Waals surface area contributed by atoms with Crippen LogP contribution >= 0.6 is 0 Å². The molecule has 12 heteroatoms. The Morgan fingerprint density at radius 3 is 2.15 bits per heavy atom. The lowest BCUT2D eigenvalue weighted by Gasteiger charge is -2.14. The number of ether oxygens (including phenoxy) is 2. The number of nitrogens with zero attached hydrogens (tertiary/aromatic N) is 2. The smallest absolute Gasteiger partial charge is 0.463 e. The van der Waals surface area contributed by atoms with E-state index in [1.165, 1.54) is 0 Å². The number of nitro groups is 1. The van der Waals surface area contributed by atoms with Crippen LogP contribution in [0.25, 0.3) is 0 Å². The molecule has 0 unspecified atom stereocenters. The summed E-state index contributed by atoms with van der Waals surface area (Å²) in [5.41, 5.74) is -2.25. The minimum Gasteiger partial charge on any atom is -0.463 e. The number of methoxy groups -OCH3 is 1. The van der Waals surface area contributed by atoms with Gasteiger partial charge in [0.05, 0.1) is 13.2 Å². The maximum Gasteiger partial charge on any atom is 0.573 e. The molecule has 112 valence electrons. The van der Waals surface area contributed by atoms with Crippen LogP contribution in [-0.4, -0.2) is 23.4 Å². The largest absolute Gasteiger partial charge is 0.573 e. The quantitative estimate of drug-likeness (QED) is 0.487. The van der Waals surface area contributed by atoms with Gasteiger partial charge in [0.25, 0.3) is 0 Å². The van der Waals surface area contributed by atoms with Crippen molar-refractivity contribution in [1.29, 1.82) is 0 Å². The van der Waals surface area contributed by atoms with Gasteiger partial charge in [0.1, 0.15) is 0 Å². The normalized spacial score (nSPS) is 12.2. The van der Waals surface area contributed by atoms with E-state index < -0.39 is 40.5 Å². The molecule has 0 spiro atoms. The van der Waals surface area contributed by atoms with Gasteiger partial charge in [0, 0.05) is 4.98 Å². The molecule has 1 rings (SSSR count). The third kappa shape index (κ3) is 3.61. The molecule has 0 aliphatic carbocycles. The predicted octanol–water partition coefficient (Wildman–Crippen LogP) is 2.92. The topological polar surface area (TPSA) is 74.5 Å². The second kappa shape index (κ2) is 5.02. The zero-order valence-corrected chi connectivity index (χ0v) is 9.37. The molecule has 0 atom stereocenters. The molecule has 0 saturated carbocycles. The molecule has 1 heterocycles.